The number of rotatable bonds is 7. The van der Waals surface area contributed by atoms with Gasteiger partial charge < -0.3 is 9.11 Å². The van der Waals surface area contributed by atoms with Gasteiger partial charge in [-0.1, -0.05) is 43.7 Å². The van der Waals surface area contributed by atoms with Gasteiger partial charge in [-0.25, -0.2) is 0 Å². The first-order valence-electron chi connectivity index (χ1n) is 5.55. The van der Waals surface area contributed by atoms with Crippen molar-refractivity contribution < 1.29 is 9.11 Å². The van der Waals surface area contributed by atoms with Crippen LogP contribution in [0.2, 0.25) is 0 Å². The molecule has 0 aliphatic rings. The lowest BCUT2D eigenvalue weighted by atomic mass is 10.2. The van der Waals surface area contributed by atoms with E-state index in [-0.39, 0.29) is 0 Å². The normalized spacial score (nSPS) is 14.7. The average molecular weight is 258 g/mol. The van der Waals surface area contributed by atoms with Crippen LogP contribution in [0.4, 0.5) is 0 Å². The third-order valence-electron chi connectivity index (χ3n) is 2.25. The lowest BCUT2D eigenvalue weighted by Crippen LogP contribution is -2.20. The second kappa shape index (κ2) is 8.01. The van der Waals surface area contributed by atoms with Crippen LogP contribution in [0.1, 0.15) is 31.7 Å². The predicted octanol–water partition coefficient (Wildman–Crippen LogP) is 2.79. The van der Waals surface area contributed by atoms with E-state index in [2.05, 4.69) is 6.92 Å². The highest BCUT2D eigenvalue weighted by Gasteiger charge is 2.24. The third kappa shape index (κ3) is 5.25. The Bertz CT molecular complexity index is 280. The molecule has 0 N–H and O–H groups in total. The van der Waals surface area contributed by atoms with Gasteiger partial charge in [-0.15, -0.1) is 0 Å². The lowest BCUT2D eigenvalue weighted by molar-refractivity contribution is 0.579. The van der Waals surface area contributed by atoms with Crippen LogP contribution in [-0.2, 0) is 26.2 Å². The maximum atomic E-state index is 11.7. The van der Waals surface area contributed by atoms with Crippen LogP contribution in [0.25, 0.3) is 0 Å². The van der Waals surface area contributed by atoms with Crippen molar-refractivity contribution in [3.05, 3.63) is 35.9 Å². The first-order valence-corrected chi connectivity index (χ1v) is 8.70. The van der Waals surface area contributed by atoms with Crippen molar-refractivity contribution in [3.8, 4) is 0 Å². The zero-order valence-corrected chi connectivity index (χ0v) is 11.2. The van der Waals surface area contributed by atoms with Crippen molar-refractivity contribution in [2.45, 2.75) is 31.9 Å². The van der Waals surface area contributed by atoms with Crippen LogP contribution in [0.5, 0.6) is 0 Å². The Morgan fingerprint density at radius 1 is 1.00 bits per heavy atom. The fraction of sp³-hybridized carbons (Fsp3) is 0.500. The summed E-state index contributed by atoms with van der Waals surface area (Å²) in [7, 11) is -2.44. The summed E-state index contributed by atoms with van der Waals surface area (Å²) in [5.74, 6) is 0.965. The lowest BCUT2D eigenvalue weighted by Gasteiger charge is -2.12. The number of benzene rings is 1. The van der Waals surface area contributed by atoms with Gasteiger partial charge in [0.05, 0.1) is 0 Å². The Morgan fingerprint density at radius 2 is 1.69 bits per heavy atom. The monoisotopic (exact) mass is 258 g/mol. The highest BCUT2D eigenvalue weighted by molar-refractivity contribution is 8.66. The summed E-state index contributed by atoms with van der Waals surface area (Å²) in [4.78, 5) is 0. The Morgan fingerprint density at radius 3 is 2.31 bits per heavy atom. The summed E-state index contributed by atoms with van der Waals surface area (Å²) in [5.41, 5.74) is 0.990. The molecule has 0 aliphatic heterocycles. The molecule has 2 unspecified atom stereocenters. The highest BCUT2D eigenvalue weighted by Crippen LogP contribution is 2.14. The van der Waals surface area contributed by atoms with E-state index in [4.69, 9.17) is 0 Å². The Labute approximate surface area is 103 Å². The van der Waals surface area contributed by atoms with Crippen molar-refractivity contribution in [3.63, 3.8) is 0 Å². The molecule has 16 heavy (non-hydrogen) atoms. The molecule has 90 valence electrons. The van der Waals surface area contributed by atoms with Crippen molar-refractivity contribution in [1.82, 2.24) is 0 Å². The summed E-state index contributed by atoms with van der Waals surface area (Å²) < 4.78 is 23.4. The van der Waals surface area contributed by atoms with Gasteiger partial charge in [0.1, 0.15) is 0 Å². The van der Waals surface area contributed by atoms with E-state index in [0.717, 1.165) is 24.8 Å². The molecule has 2 atom stereocenters. The standard InChI is InChI=1S/C12H18O2S2/c1-2-3-7-10-15(13)16(14)11-12-8-5-4-6-9-12/h4-6,8-9H,2-3,7,10-11H2,1H3. The molecule has 0 saturated heterocycles. The zero-order chi connectivity index (χ0) is 11.8. The van der Waals surface area contributed by atoms with Gasteiger partial charge in [-0.05, 0) is 12.8 Å². The molecule has 0 aromatic heterocycles. The van der Waals surface area contributed by atoms with E-state index in [1.54, 1.807) is 0 Å². The third-order valence-corrected chi connectivity index (χ3v) is 5.95. The van der Waals surface area contributed by atoms with Crippen LogP contribution >= 0.6 is 0 Å². The first-order chi connectivity index (χ1) is 7.74. The van der Waals surface area contributed by atoms with Crippen LogP contribution in [0.15, 0.2) is 30.3 Å². The Hall–Kier alpha value is -0.160. The topological polar surface area (TPSA) is 46.1 Å². The number of hydrogen-bond donors (Lipinski definition) is 0. The van der Waals surface area contributed by atoms with Gasteiger partial charge in [0.15, 0.2) is 31.9 Å². The van der Waals surface area contributed by atoms with Crippen molar-refractivity contribution in [1.29, 1.82) is 0 Å². The molecule has 0 radical (unpaired) electrons. The van der Waals surface area contributed by atoms with Gasteiger partial charge in [0.2, 0.25) is 0 Å². The minimum Gasteiger partial charge on any atom is -0.571 e. The molecular formula is C12H18O2S2. The summed E-state index contributed by atoms with van der Waals surface area (Å²) in [6.07, 6.45) is 3.07. The summed E-state index contributed by atoms with van der Waals surface area (Å²) in [5, 5.41) is 0. The second-order valence-corrected chi connectivity index (χ2v) is 7.79. The van der Waals surface area contributed by atoms with Crippen LogP contribution < -0.4 is 0 Å². The van der Waals surface area contributed by atoms with Crippen LogP contribution in [0, 0.1) is 0 Å². The fourth-order valence-corrected chi connectivity index (χ4v) is 4.27. The van der Waals surface area contributed by atoms with Gasteiger partial charge in [-0.3, -0.25) is 0 Å². The molecular weight excluding hydrogens is 240 g/mol. The minimum atomic E-state index is -1.25. The molecule has 0 heterocycles. The molecule has 2 nitrogen and oxygen atoms in total. The molecule has 0 amide bonds. The van der Waals surface area contributed by atoms with E-state index in [0.29, 0.717) is 11.5 Å². The molecule has 0 aliphatic carbocycles. The largest absolute Gasteiger partial charge is 0.571 e. The summed E-state index contributed by atoms with van der Waals surface area (Å²) >= 11 is 0. The van der Waals surface area contributed by atoms with Gasteiger partial charge in [0, 0.05) is 5.56 Å². The quantitative estimate of drug-likeness (QED) is 0.429. The molecule has 1 aromatic carbocycles. The predicted molar refractivity (Wildman–Crippen MR) is 70.8 cm³/mol. The van der Waals surface area contributed by atoms with E-state index in [1.807, 2.05) is 30.3 Å². The SMILES string of the molecule is CCCCC[S+]([O-])[S+]([O-])Cc1ccccc1. The highest BCUT2D eigenvalue weighted by atomic mass is 33.2. The summed E-state index contributed by atoms with van der Waals surface area (Å²) in [6.45, 7) is 2.10. The molecule has 1 aromatic rings. The molecule has 4 heteroatoms. The second-order valence-electron chi connectivity index (χ2n) is 3.65. The van der Waals surface area contributed by atoms with Crippen molar-refractivity contribution >= 4 is 20.4 Å². The molecule has 0 bridgehead atoms. The van der Waals surface area contributed by atoms with Crippen LogP contribution in [0.3, 0.4) is 0 Å². The van der Waals surface area contributed by atoms with Gasteiger partial charge >= 0.3 is 0 Å². The summed E-state index contributed by atoms with van der Waals surface area (Å²) in [6, 6.07) is 9.58. The number of unbranched alkanes of at least 4 members (excludes halogenated alkanes) is 2. The smallest absolute Gasteiger partial charge is 0.180 e. The molecule has 0 spiro atoms. The van der Waals surface area contributed by atoms with Crippen LogP contribution in [-0.4, -0.2) is 14.9 Å². The molecule has 1 rings (SSSR count). The van der Waals surface area contributed by atoms with E-state index >= 15 is 0 Å². The zero-order valence-electron chi connectivity index (χ0n) is 9.56. The van der Waals surface area contributed by atoms with Gasteiger partial charge in [-0.2, -0.15) is 0 Å². The van der Waals surface area contributed by atoms with E-state index < -0.39 is 20.4 Å². The Kier molecular flexibility index (Phi) is 6.96. The Balaban J connectivity index is 2.31. The maximum absolute atomic E-state index is 11.7. The molecule has 0 saturated carbocycles. The van der Waals surface area contributed by atoms with E-state index in [9.17, 15) is 9.11 Å². The van der Waals surface area contributed by atoms with E-state index in [1.165, 1.54) is 0 Å². The first kappa shape index (κ1) is 13.9. The number of hydrogen-bond acceptors (Lipinski definition) is 2. The molecule has 0 fully saturated rings. The van der Waals surface area contributed by atoms with Crippen molar-refractivity contribution in [2.24, 2.45) is 0 Å². The minimum absolute atomic E-state index is 0.402. The van der Waals surface area contributed by atoms with Gasteiger partial charge in [0.25, 0.3) is 0 Å². The fourth-order valence-electron chi connectivity index (χ4n) is 1.34. The maximum Gasteiger partial charge on any atom is 0.180 e. The van der Waals surface area contributed by atoms with Crippen molar-refractivity contribution in [2.75, 3.05) is 5.75 Å². The average Bonchev–Trinajstić information content (AvgIpc) is 2.30.